The molecule has 0 aliphatic heterocycles. The molecule has 1 aromatic rings. The maximum Gasteiger partial charge on any atom is 0.321 e. The quantitative estimate of drug-likeness (QED) is 0.842. The van der Waals surface area contributed by atoms with E-state index >= 15 is 0 Å². The summed E-state index contributed by atoms with van der Waals surface area (Å²) in [6.07, 6.45) is -2.71. The Morgan fingerprint density at radius 1 is 1.50 bits per heavy atom. The lowest BCUT2D eigenvalue weighted by Gasteiger charge is -2.18. The number of alkyl halides is 2. The topological polar surface area (TPSA) is 61.8 Å². The average Bonchev–Trinajstić information content (AvgIpc) is 2.39. The Bertz CT molecular complexity index is 458. The smallest absolute Gasteiger partial charge is 0.321 e. The molecule has 0 aliphatic rings. The number of carbonyl (C=O) groups excluding carboxylic acids is 1. The molecular weight excluding hydrogens is 277 g/mol. The molecule has 0 fully saturated rings. The molecule has 0 atom stereocenters. The van der Waals surface area contributed by atoms with Gasteiger partial charge in [-0.3, -0.25) is 0 Å². The van der Waals surface area contributed by atoms with Crippen molar-refractivity contribution in [3.63, 3.8) is 0 Å². The fraction of sp³-hybridized carbons (Fsp3) is 0.417. The van der Waals surface area contributed by atoms with Crippen molar-refractivity contribution >= 4 is 11.7 Å². The lowest BCUT2D eigenvalue weighted by Crippen LogP contribution is -2.33. The molecule has 0 aromatic heterocycles. The minimum absolute atomic E-state index is 0.0711. The van der Waals surface area contributed by atoms with Crippen molar-refractivity contribution in [2.24, 2.45) is 0 Å². The highest BCUT2D eigenvalue weighted by Crippen LogP contribution is 2.26. The van der Waals surface area contributed by atoms with Gasteiger partial charge in [0.05, 0.1) is 12.3 Å². The summed E-state index contributed by atoms with van der Waals surface area (Å²) in [5.74, 6) is -0.855. The van der Waals surface area contributed by atoms with Crippen LogP contribution in [-0.4, -0.2) is 49.3 Å². The number of carbonyl (C=O) groups is 1. The van der Waals surface area contributed by atoms with Gasteiger partial charge >= 0.3 is 6.03 Å². The van der Waals surface area contributed by atoms with Gasteiger partial charge in [-0.2, -0.15) is 0 Å². The van der Waals surface area contributed by atoms with Gasteiger partial charge < -0.3 is 20.1 Å². The van der Waals surface area contributed by atoms with Gasteiger partial charge in [0, 0.05) is 19.7 Å². The Labute approximate surface area is 113 Å². The van der Waals surface area contributed by atoms with Crippen molar-refractivity contribution in [3.8, 4) is 5.75 Å². The largest absolute Gasteiger partial charge is 0.485 e. The van der Waals surface area contributed by atoms with Crippen LogP contribution in [0.5, 0.6) is 5.75 Å². The number of likely N-dealkylation sites (N-methyl/N-ethyl adjacent to an activating group) is 1. The molecule has 0 saturated heterocycles. The standard InChI is InChI=1S/C12H15F3N2O3/c1-17(4-5-18)12(19)16-9-3-2-8(13)6-10(9)20-7-11(14)15/h2-3,6,11,18H,4-5,7H2,1H3,(H,16,19). The van der Waals surface area contributed by atoms with E-state index in [0.29, 0.717) is 0 Å². The summed E-state index contributed by atoms with van der Waals surface area (Å²) in [5.41, 5.74) is 0.0711. The normalized spacial score (nSPS) is 10.5. The number of amides is 2. The van der Waals surface area contributed by atoms with Crippen LogP contribution in [0.2, 0.25) is 0 Å². The minimum Gasteiger partial charge on any atom is -0.485 e. The summed E-state index contributed by atoms with van der Waals surface area (Å²) in [6.45, 7) is -1.03. The van der Waals surface area contributed by atoms with Crippen LogP contribution in [0.3, 0.4) is 0 Å². The van der Waals surface area contributed by atoms with Crippen LogP contribution < -0.4 is 10.1 Å². The second kappa shape index (κ2) is 7.59. The van der Waals surface area contributed by atoms with E-state index in [1.54, 1.807) is 0 Å². The Morgan fingerprint density at radius 2 is 2.20 bits per heavy atom. The van der Waals surface area contributed by atoms with Crippen LogP contribution in [0.1, 0.15) is 0 Å². The second-order valence-corrected chi connectivity index (χ2v) is 3.92. The van der Waals surface area contributed by atoms with Gasteiger partial charge in [0.15, 0.2) is 0 Å². The number of ether oxygens (including phenoxy) is 1. The lowest BCUT2D eigenvalue weighted by molar-refractivity contribution is 0.0821. The van der Waals surface area contributed by atoms with Crippen LogP contribution in [0.25, 0.3) is 0 Å². The van der Waals surface area contributed by atoms with Gasteiger partial charge in [0.1, 0.15) is 18.2 Å². The monoisotopic (exact) mass is 292 g/mol. The molecule has 0 radical (unpaired) electrons. The third-order valence-electron chi connectivity index (χ3n) is 2.33. The van der Waals surface area contributed by atoms with E-state index in [9.17, 15) is 18.0 Å². The zero-order valence-electron chi connectivity index (χ0n) is 10.8. The molecule has 1 rings (SSSR count). The summed E-state index contributed by atoms with van der Waals surface area (Å²) < 4.78 is 42.0. The number of anilines is 1. The van der Waals surface area contributed by atoms with Gasteiger partial charge in [-0.25, -0.2) is 18.0 Å². The molecule has 0 unspecified atom stereocenters. The van der Waals surface area contributed by atoms with Gasteiger partial charge in [0.25, 0.3) is 6.43 Å². The number of aliphatic hydroxyl groups is 1. The maximum atomic E-state index is 13.1. The third-order valence-corrected chi connectivity index (χ3v) is 2.33. The van der Waals surface area contributed by atoms with Crippen molar-refractivity contribution in [2.45, 2.75) is 6.43 Å². The Balaban J connectivity index is 2.80. The Kier molecular flexibility index (Phi) is 6.10. The van der Waals surface area contributed by atoms with E-state index in [4.69, 9.17) is 9.84 Å². The number of nitrogens with one attached hydrogen (secondary N) is 1. The molecule has 112 valence electrons. The highest BCUT2D eigenvalue weighted by atomic mass is 19.3. The van der Waals surface area contributed by atoms with Crippen molar-refractivity contribution in [1.82, 2.24) is 4.90 Å². The number of nitrogens with zero attached hydrogens (tertiary/aromatic N) is 1. The summed E-state index contributed by atoms with van der Waals surface area (Å²) in [6, 6.07) is 2.61. The maximum absolute atomic E-state index is 13.1. The number of urea groups is 1. The fourth-order valence-electron chi connectivity index (χ4n) is 1.33. The Hall–Kier alpha value is -1.96. The highest BCUT2D eigenvalue weighted by Gasteiger charge is 2.14. The molecule has 2 amide bonds. The molecule has 1 aromatic carbocycles. The first kappa shape index (κ1) is 16.1. The molecule has 0 aliphatic carbocycles. The first-order valence-electron chi connectivity index (χ1n) is 5.77. The number of hydrogen-bond acceptors (Lipinski definition) is 3. The molecule has 0 spiro atoms. The molecule has 2 N–H and O–H groups in total. The Morgan fingerprint density at radius 3 is 2.80 bits per heavy atom. The zero-order chi connectivity index (χ0) is 15.1. The summed E-state index contributed by atoms with van der Waals surface area (Å²) >= 11 is 0. The molecule has 0 heterocycles. The van der Waals surface area contributed by atoms with E-state index in [1.807, 2.05) is 0 Å². The average molecular weight is 292 g/mol. The SMILES string of the molecule is CN(CCO)C(=O)Nc1ccc(F)cc1OCC(F)F. The fourth-order valence-corrected chi connectivity index (χ4v) is 1.33. The van der Waals surface area contributed by atoms with Gasteiger partial charge in [-0.15, -0.1) is 0 Å². The van der Waals surface area contributed by atoms with Gasteiger partial charge in [-0.1, -0.05) is 0 Å². The van der Waals surface area contributed by atoms with Crippen LogP contribution >= 0.6 is 0 Å². The predicted molar refractivity (Wildman–Crippen MR) is 66.6 cm³/mol. The van der Waals surface area contributed by atoms with Crippen molar-refractivity contribution < 1.29 is 27.8 Å². The molecule has 5 nitrogen and oxygen atoms in total. The third kappa shape index (κ3) is 4.96. The van der Waals surface area contributed by atoms with Gasteiger partial charge in [0.2, 0.25) is 0 Å². The van der Waals surface area contributed by atoms with E-state index in [2.05, 4.69) is 5.32 Å². The van der Waals surface area contributed by atoms with E-state index in [-0.39, 0.29) is 24.6 Å². The molecule has 0 bridgehead atoms. The molecule has 8 heteroatoms. The minimum atomic E-state index is -2.71. The predicted octanol–water partition coefficient (Wildman–Crippen LogP) is 1.93. The molecule has 20 heavy (non-hydrogen) atoms. The highest BCUT2D eigenvalue weighted by molar-refractivity contribution is 5.90. The summed E-state index contributed by atoms with van der Waals surface area (Å²) in [7, 11) is 1.44. The van der Waals surface area contributed by atoms with Crippen LogP contribution in [0.4, 0.5) is 23.7 Å². The van der Waals surface area contributed by atoms with Gasteiger partial charge in [-0.05, 0) is 12.1 Å². The van der Waals surface area contributed by atoms with E-state index < -0.39 is 24.9 Å². The first-order chi connectivity index (χ1) is 9.43. The van der Waals surface area contributed by atoms with Crippen LogP contribution in [0, 0.1) is 5.82 Å². The van der Waals surface area contributed by atoms with Crippen molar-refractivity contribution in [1.29, 1.82) is 0 Å². The summed E-state index contributed by atoms with van der Waals surface area (Å²) in [5, 5.41) is 11.1. The lowest BCUT2D eigenvalue weighted by atomic mass is 10.3. The van der Waals surface area contributed by atoms with Crippen LogP contribution in [-0.2, 0) is 0 Å². The second-order valence-electron chi connectivity index (χ2n) is 3.92. The van der Waals surface area contributed by atoms with E-state index in [0.717, 1.165) is 12.1 Å². The van der Waals surface area contributed by atoms with Crippen LogP contribution in [0.15, 0.2) is 18.2 Å². The molecular formula is C12H15F3N2O3. The number of aliphatic hydroxyl groups excluding tert-OH is 1. The van der Waals surface area contributed by atoms with E-state index in [1.165, 1.54) is 18.0 Å². The number of benzene rings is 1. The first-order valence-corrected chi connectivity index (χ1v) is 5.77. The summed E-state index contributed by atoms with van der Waals surface area (Å²) in [4.78, 5) is 12.9. The number of halogens is 3. The van der Waals surface area contributed by atoms with Crippen molar-refractivity contribution in [3.05, 3.63) is 24.0 Å². The zero-order valence-corrected chi connectivity index (χ0v) is 10.8. The molecule has 0 saturated carbocycles. The number of rotatable bonds is 6. The van der Waals surface area contributed by atoms with Crippen molar-refractivity contribution in [2.75, 3.05) is 32.1 Å². The number of hydrogen-bond donors (Lipinski definition) is 2.